The summed E-state index contributed by atoms with van der Waals surface area (Å²) < 4.78 is 0. The second-order valence-corrected chi connectivity index (χ2v) is 7.05. The number of amides is 1. The second-order valence-electron chi connectivity index (χ2n) is 7.05. The summed E-state index contributed by atoms with van der Waals surface area (Å²) in [6.45, 7) is 6.38. The first-order chi connectivity index (χ1) is 13.7. The van der Waals surface area contributed by atoms with Crippen LogP contribution in [0, 0.1) is 6.92 Å². The molecule has 1 heterocycles. The smallest absolute Gasteiger partial charge is 0.251 e. The van der Waals surface area contributed by atoms with E-state index in [4.69, 9.17) is 0 Å². The third-order valence-corrected chi connectivity index (χ3v) is 4.73. The maximum Gasteiger partial charge on any atom is 0.251 e. The Bertz CT molecular complexity index is 882. The highest BCUT2D eigenvalue weighted by Crippen LogP contribution is 2.21. The maximum absolute atomic E-state index is 12.1. The van der Waals surface area contributed by atoms with Crippen LogP contribution >= 0.6 is 0 Å². The molecular formula is C23H28N4O. The number of nitrogens with zero attached hydrogens (tertiary/aromatic N) is 1. The molecule has 0 bridgehead atoms. The number of hydrogen-bond donors (Lipinski definition) is 3. The molecule has 0 saturated carbocycles. The highest BCUT2D eigenvalue weighted by Gasteiger charge is 2.08. The average molecular weight is 377 g/mol. The van der Waals surface area contributed by atoms with Crippen LogP contribution in [-0.2, 0) is 13.1 Å². The lowest BCUT2D eigenvalue weighted by Gasteiger charge is -2.08. The Morgan fingerprint density at radius 3 is 2.50 bits per heavy atom. The number of unbranched alkanes of at least 4 members (excludes halogenated alkanes) is 1. The van der Waals surface area contributed by atoms with E-state index < -0.39 is 0 Å². The highest BCUT2D eigenvalue weighted by molar-refractivity contribution is 5.94. The van der Waals surface area contributed by atoms with Crippen molar-refractivity contribution in [3.05, 3.63) is 77.0 Å². The van der Waals surface area contributed by atoms with E-state index in [9.17, 15) is 4.79 Å². The highest BCUT2D eigenvalue weighted by atomic mass is 16.1. The Hall–Kier alpha value is -2.92. The lowest BCUT2D eigenvalue weighted by molar-refractivity contribution is 0.0953. The van der Waals surface area contributed by atoms with Crippen LogP contribution < -0.4 is 10.6 Å². The predicted molar refractivity (Wildman–Crippen MR) is 113 cm³/mol. The normalized spacial score (nSPS) is 10.8. The Morgan fingerprint density at radius 1 is 1.04 bits per heavy atom. The topological polar surface area (TPSA) is 69.8 Å². The SMILES string of the molecule is CCCCNC(=O)c1ccc(CNCc2cn[nH]c2-c2ccc(C)cc2)cc1. The third kappa shape index (κ3) is 5.30. The van der Waals surface area contributed by atoms with Crippen LogP contribution in [0.5, 0.6) is 0 Å². The van der Waals surface area contributed by atoms with Crippen LogP contribution in [0.4, 0.5) is 0 Å². The summed E-state index contributed by atoms with van der Waals surface area (Å²) in [5, 5.41) is 13.7. The van der Waals surface area contributed by atoms with Gasteiger partial charge in [-0.05, 0) is 36.6 Å². The molecule has 0 radical (unpaired) electrons. The van der Waals surface area contributed by atoms with Gasteiger partial charge in [-0.15, -0.1) is 0 Å². The molecular weight excluding hydrogens is 348 g/mol. The van der Waals surface area contributed by atoms with Crippen molar-refractivity contribution in [1.29, 1.82) is 0 Å². The van der Waals surface area contributed by atoms with Gasteiger partial charge in [0.05, 0.1) is 11.9 Å². The lowest BCUT2D eigenvalue weighted by atomic mass is 10.1. The first-order valence-electron chi connectivity index (χ1n) is 9.84. The van der Waals surface area contributed by atoms with Gasteiger partial charge in [-0.1, -0.05) is 55.3 Å². The van der Waals surface area contributed by atoms with E-state index in [1.54, 1.807) is 0 Å². The van der Waals surface area contributed by atoms with E-state index in [1.807, 2.05) is 30.5 Å². The summed E-state index contributed by atoms with van der Waals surface area (Å²) in [6, 6.07) is 16.2. The number of hydrogen-bond acceptors (Lipinski definition) is 3. The van der Waals surface area contributed by atoms with E-state index in [1.165, 1.54) is 5.56 Å². The summed E-state index contributed by atoms with van der Waals surface area (Å²) in [4.78, 5) is 12.1. The minimum absolute atomic E-state index is 0.00547. The van der Waals surface area contributed by atoms with Crippen LogP contribution in [0.2, 0.25) is 0 Å². The van der Waals surface area contributed by atoms with E-state index in [2.05, 4.69) is 58.9 Å². The molecule has 0 atom stereocenters. The van der Waals surface area contributed by atoms with Crippen LogP contribution in [-0.4, -0.2) is 22.6 Å². The van der Waals surface area contributed by atoms with Crippen LogP contribution in [0.1, 0.15) is 46.8 Å². The summed E-state index contributed by atoms with van der Waals surface area (Å²) in [5.74, 6) is -0.00547. The number of benzene rings is 2. The van der Waals surface area contributed by atoms with Crippen molar-refractivity contribution >= 4 is 5.91 Å². The maximum atomic E-state index is 12.1. The molecule has 0 aliphatic heterocycles. The molecule has 0 aliphatic carbocycles. The molecule has 1 amide bonds. The number of H-pyrrole nitrogens is 1. The first-order valence-corrected chi connectivity index (χ1v) is 9.84. The van der Waals surface area contributed by atoms with Gasteiger partial charge in [0.25, 0.3) is 5.91 Å². The Morgan fingerprint density at radius 2 is 1.79 bits per heavy atom. The molecule has 5 heteroatoms. The van der Waals surface area contributed by atoms with E-state index in [0.717, 1.165) is 54.9 Å². The zero-order valence-electron chi connectivity index (χ0n) is 16.6. The van der Waals surface area contributed by atoms with E-state index in [0.29, 0.717) is 5.56 Å². The van der Waals surface area contributed by atoms with E-state index in [-0.39, 0.29) is 5.91 Å². The quantitative estimate of drug-likeness (QED) is 0.490. The summed E-state index contributed by atoms with van der Waals surface area (Å²) in [5.41, 5.74) is 6.41. The molecule has 2 aromatic carbocycles. The minimum atomic E-state index is -0.00547. The number of rotatable bonds is 9. The zero-order chi connectivity index (χ0) is 19.8. The van der Waals surface area contributed by atoms with Crippen molar-refractivity contribution in [2.24, 2.45) is 0 Å². The third-order valence-electron chi connectivity index (χ3n) is 4.73. The lowest BCUT2D eigenvalue weighted by Crippen LogP contribution is -2.24. The van der Waals surface area contributed by atoms with Gasteiger partial charge in [-0.2, -0.15) is 5.10 Å². The molecule has 5 nitrogen and oxygen atoms in total. The van der Waals surface area contributed by atoms with Gasteiger partial charge in [0.1, 0.15) is 0 Å². The van der Waals surface area contributed by atoms with Crippen LogP contribution in [0.15, 0.2) is 54.7 Å². The van der Waals surface area contributed by atoms with Crippen molar-refractivity contribution in [3.63, 3.8) is 0 Å². The zero-order valence-corrected chi connectivity index (χ0v) is 16.6. The molecule has 3 rings (SSSR count). The van der Waals surface area contributed by atoms with Crippen molar-refractivity contribution in [2.45, 2.75) is 39.8 Å². The molecule has 0 aliphatic rings. The van der Waals surface area contributed by atoms with Crippen molar-refractivity contribution in [3.8, 4) is 11.3 Å². The number of aromatic nitrogens is 2. The van der Waals surface area contributed by atoms with E-state index >= 15 is 0 Å². The fraction of sp³-hybridized carbons (Fsp3) is 0.304. The van der Waals surface area contributed by atoms with Gasteiger partial charge >= 0.3 is 0 Å². The summed E-state index contributed by atoms with van der Waals surface area (Å²) >= 11 is 0. The van der Waals surface area contributed by atoms with Gasteiger partial charge in [-0.3, -0.25) is 9.89 Å². The predicted octanol–water partition coefficient (Wildman–Crippen LogP) is 4.20. The number of aryl methyl sites for hydroxylation is 1. The molecule has 0 fully saturated rings. The Labute approximate surface area is 166 Å². The number of carbonyl (C=O) groups is 1. The van der Waals surface area contributed by atoms with Gasteiger partial charge < -0.3 is 10.6 Å². The van der Waals surface area contributed by atoms with Gasteiger partial charge in [-0.25, -0.2) is 0 Å². The fourth-order valence-electron chi connectivity index (χ4n) is 3.01. The number of carbonyl (C=O) groups excluding carboxylic acids is 1. The number of aromatic amines is 1. The molecule has 3 N–H and O–H groups in total. The molecule has 146 valence electrons. The number of nitrogens with one attached hydrogen (secondary N) is 3. The van der Waals surface area contributed by atoms with Crippen molar-refractivity contribution in [1.82, 2.24) is 20.8 Å². The molecule has 0 unspecified atom stereocenters. The molecule has 1 aromatic heterocycles. The monoisotopic (exact) mass is 376 g/mol. The van der Waals surface area contributed by atoms with Crippen LogP contribution in [0.3, 0.4) is 0 Å². The first kappa shape index (κ1) is 19.8. The van der Waals surface area contributed by atoms with Crippen molar-refractivity contribution < 1.29 is 4.79 Å². The molecule has 28 heavy (non-hydrogen) atoms. The molecule has 0 spiro atoms. The van der Waals surface area contributed by atoms with Gasteiger partial charge in [0.2, 0.25) is 0 Å². The van der Waals surface area contributed by atoms with Crippen LogP contribution in [0.25, 0.3) is 11.3 Å². The average Bonchev–Trinajstić information content (AvgIpc) is 3.18. The summed E-state index contributed by atoms with van der Waals surface area (Å²) in [6.07, 6.45) is 3.95. The second kappa shape index (κ2) is 9.85. The van der Waals surface area contributed by atoms with Crippen molar-refractivity contribution in [2.75, 3.05) is 6.54 Å². The fourth-order valence-corrected chi connectivity index (χ4v) is 3.01. The summed E-state index contributed by atoms with van der Waals surface area (Å²) in [7, 11) is 0. The van der Waals surface area contributed by atoms with Gasteiger partial charge in [0.15, 0.2) is 0 Å². The molecule has 3 aromatic rings. The standard InChI is InChI=1S/C23H28N4O/c1-3-4-13-25-23(28)20-11-7-18(8-12-20)14-24-15-21-16-26-27-22(21)19-9-5-17(2)6-10-19/h5-12,16,24H,3-4,13-15H2,1-2H3,(H,25,28)(H,26,27). The Kier molecular flexibility index (Phi) is 6.98. The van der Waals surface area contributed by atoms with Gasteiger partial charge in [0, 0.05) is 30.8 Å². The molecule has 0 saturated heterocycles. The Balaban J connectivity index is 1.52. The largest absolute Gasteiger partial charge is 0.352 e. The minimum Gasteiger partial charge on any atom is -0.352 e.